The van der Waals surface area contributed by atoms with Crippen molar-refractivity contribution in [1.29, 1.82) is 0 Å². The van der Waals surface area contributed by atoms with Crippen LogP contribution in [-0.2, 0) is 25.0 Å². The van der Waals surface area contributed by atoms with Crippen LogP contribution in [0.4, 0.5) is 14.9 Å². The van der Waals surface area contributed by atoms with Gasteiger partial charge in [-0.1, -0.05) is 42.5 Å². The molecule has 7 heteroatoms. The van der Waals surface area contributed by atoms with E-state index in [1.807, 2.05) is 4.90 Å². The zero-order valence-electron chi connectivity index (χ0n) is 20.9. The lowest BCUT2D eigenvalue weighted by atomic mass is 9.72. The molecule has 2 aliphatic heterocycles. The van der Waals surface area contributed by atoms with Gasteiger partial charge in [0, 0.05) is 25.0 Å². The van der Waals surface area contributed by atoms with Gasteiger partial charge in [-0.3, -0.25) is 4.90 Å². The highest BCUT2D eigenvalue weighted by Gasteiger charge is 2.46. The molecule has 6 nitrogen and oxygen atoms in total. The van der Waals surface area contributed by atoms with E-state index < -0.39 is 5.82 Å². The molecule has 1 spiro atoms. The highest BCUT2D eigenvalue weighted by Crippen LogP contribution is 2.43. The molecule has 1 N–H and O–H groups in total. The number of carbonyl (C=O) groups excluding carboxylic acids is 1. The number of nitrogens with one attached hydrogen (secondary N) is 1. The predicted octanol–water partition coefficient (Wildman–Crippen LogP) is 5.32. The maximum absolute atomic E-state index is 14.3. The molecule has 0 bridgehead atoms. The molecule has 1 saturated carbocycles. The summed E-state index contributed by atoms with van der Waals surface area (Å²) in [6.07, 6.45) is 4.44. The fourth-order valence-electron chi connectivity index (χ4n) is 5.95. The Kier molecular flexibility index (Phi) is 6.04. The molecule has 2 fully saturated rings. The van der Waals surface area contributed by atoms with E-state index in [1.165, 1.54) is 35.9 Å². The first-order chi connectivity index (χ1) is 17.5. The van der Waals surface area contributed by atoms with Gasteiger partial charge in [0.15, 0.2) is 0 Å². The molecular formula is C29H34FN5O. The summed E-state index contributed by atoms with van der Waals surface area (Å²) in [5, 5.41) is 2.83. The number of benzene rings is 2. The van der Waals surface area contributed by atoms with Gasteiger partial charge in [0.05, 0.1) is 23.6 Å². The molecule has 36 heavy (non-hydrogen) atoms. The van der Waals surface area contributed by atoms with E-state index in [9.17, 15) is 9.18 Å². The number of imidazole rings is 1. The number of aryl methyl sites for hydroxylation is 1. The van der Waals surface area contributed by atoms with Gasteiger partial charge < -0.3 is 14.8 Å². The number of para-hydroxylation sites is 1. The fraction of sp³-hybridized carbons (Fsp3) is 0.448. The van der Waals surface area contributed by atoms with Crippen LogP contribution in [0.25, 0.3) is 0 Å². The summed E-state index contributed by atoms with van der Waals surface area (Å²) in [6, 6.07) is 16.7. The Morgan fingerprint density at radius 3 is 2.53 bits per heavy atom. The fourth-order valence-corrected chi connectivity index (χ4v) is 5.95. The van der Waals surface area contributed by atoms with Gasteiger partial charge in [-0.2, -0.15) is 0 Å². The second-order valence-electron chi connectivity index (χ2n) is 10.8. The lowest BCUT2D eigenvalue weighted by Gasteiger charge is -2.47. The third kappa shape index (κ3) is 4.52. The predicted molar refractivity (Wildman–Crippen MR) is 138 cm³/mol. The Labute approximate surface area is 212 Å². The Bertz CT molecular complexity index is 1240. The Balaban J connectivity index is 1.27. The van der Waals surface area contributed by atoms with E-state index in [0.717, 1.165) is 44.8 Å². The molecule has 1 saturated heterocycles. The van der Waals surface area contributed by atoms with Crippen LogP contribution in [0, 0.1) is 18.7 Å². The van der Waals surface area contributed by atoms with Crippen LogP contribution in [0.15, 0.2) is 54.6 Å². The smallest absolute Gasteiger partial charge is 0.322 e. The molecule has 6 rings (SSSR count). The highest BCUT2D eigenvalue weighted by atomic mass is 19.1. The number of halogens is 1. The minimum absolute atomic E-state index is 0.174. The summed E-state index contributed by atoms with van der Waals surface area (Å²) in [5.41, 5.74) is 3.74. The number of hydrogen-bond acceptors (Lipinski definition) is 3. The summed E-state index contributed by atoms with van der Waals surface area (Å²) in [5.74, 6) is 1.35. The number of piperidine rings is 1. The van der Waals surface area contributed by atoms with Crippen LogP contribution in [0.3, 0.4) is 0 Å². The van der Waals surface area contributed by atoms with E-state index in [0.29, 0.717) is 19.0 Å². The molecule has 3 heterocycles. The van der Waals surface area contributed by atoms with Crippen molar-refractivity contribution in [3.8, 4) is 0 Å². The first-order valence-electron chi connectivity index (χ1n) is 13.1. The average Bonchev–Trinajstić information content (AvgIpc) is 3.65. The van der Waals surface area contributed by atoms with Crippen molar-refractivity contribution in [2.24, 2.45) is 5.92 Å². The zero-order valence-corrected chi connectivity index (χ0v) is 20.9. The number of aromatic nitrogens is 2. The lowest BCUT2D eigenvalue weighted by molar-refractivity contribution is 0.104. The number of nitrogens with zero attached hydrogens (tertiary/aromatic N) is 4. The molecule has 3 aromatic rings. The highest BCUT2D eigenvalue weighted by molar-refractivity contribution is 5.89. The standard InChI is InChI=1S/C29H34FN5O/c1-21-31-27-26(35(21)18-23-11-12-23)19-34(28(36)32-25-10-6-5-9-24(25)30)20-29(27)13-15-33(16-14-29)17-22-7-3-2-4-8-22/h2-10,23H,11-20H2,1H3,(H,32,36). The van der Waals surface area contributed by atoms with Gasteiger partial charge in [-0.05, 0) is 69.3 Å². The van der Waals surface area contributed by atoms with Crippen molar-refractivity contribution in [1.82, 2.24) is 19.4 Å². The van der Waals surface area contributed by atoms with Gasteiger partial charge >= 0.3 is 6.03 Å². The van der Waals surface area contributed by atoms with Gasteiger partial charge in [-0.25, -0.2) is 14.2 Å². The molecule has 1 aromatic heterocycles. The first kappa shape index (κ1) is 23.2. The summed E-state index contributed by atoms with van der Waals surface area (Å²) in [4.78, 5) is 22.9. The topological polar surface area (TPSA) is 53.4 Å². The van der Waals surface area contributed by atoms with Crippen LogP contribution >= 0.6 is 0 Å². The monoisotopic (exact) mass is 487 g/mol. The van der Waals surface area contributed by atoms with Crippen molar-refractivity contribution >= 4 is 11.7 Å². The largest absolute Gasteiger partial charge is 0.330 e. The van der Waals surface area contributed by atoms with Crippen LogP contribution in [0.1, 0.15) is 48.5 Å². The molecule has 2 aromatic carbocycles. The molecule has 1 aliphatic carbocycles. The van der Waals surface area contributed by atoms with E-state index in [2.05, 4.69) is 52.0 Å². The second kappa shape index (κ2) is 9.36. The molecule has 3 aliphatic rings. The van der Waals surface area contributed by atoms with E-state index in [4.69, 9.17) is 4.98 Å². The number of rotatable bonds is 5. The van der Waals surface area contributed by atoms with Gasteiger partial charge in [-0.15, -0.1) is 0 Å². The van der Waals surface area contributed by atoms with Crippen molar-refractivity contribution in [3.05, 3.63) is 83.2 Å². The summed E-state index contributed by atoms with van der Waals surface area (Å²) in [7, 11) is 0. The normalized spacial score (nSPS) is 19.3. The number of anilines is 1. The Morgan fingerprint density at radius 1 is 1.08 bits per heavy atom. The van der Waals surface area contributed by atoms with E-state index in [-0.39, 0.29) is 17.1 Å². The van der Waals surface area contributed by atoms with Crippen molar-refractivity contribution in [2.45, 2.75) is 57.7 Å². The Morgan fingerprint density at radius 2 is 1.81 bits per heavy atom. The molecule has 2 amide bonds. The molecule has 188 valence electrons. The number of carbonyl (C=O) groups is 1. The average molecular weight is 488 g/mol. The molecular weight excluding hydrogens is 453 g/mol. The maximum atomic E-state index is 14.3. The molecule has 0 radical (unpaired) electrons. The number of urea groups is 1. The summed E-state index contributed by atoms with van der Waals surface area (Å²) in [6.45, 7) is 7.07. The van der Waals surface area contributed by atoms with E-state index >= 15 is 0 Å². The third-order valence-electron chi connectivity index (χ3n) is 8.20. The maximum Gasteiger partial charge on any atom is 0.322 e. The summed E-state index contributed by atoms with van der Waals surface area (Å²) < 4.78 is 16.6. The van der Waals surface area contributed by atoms with Crippen LogP contribution < -0.4 is 5.32 Å². The molecule has 0 atom stereocenters. The number of fused-ring (bicyclic) bond motifs is 2. The minimum atomic E-state index is -0.415. The van der Waals surface area contributed by atoms with Crippen LogP contribution in [0.5, 0.6) is 0 Å². The van der Waals surface area contributed by atoms with Crippen LogP contribution in [0.2, 0.25) is 0 Å². The van der Waals surface area contributed by atoms with Crippen LogP contribution in [-0.4, -0.2) is 45.0 Å². The Hall–Kier alpha value is -3.19. The SMILES string of the molecule is Cc1nc2c(n1CC1CC1)CN(C(=O)Nc1ccccc1F)CC21CCN(Cc2ccccc2)CC1. The van der Waals surface area contributed by atoms with Gasteiger partial charge in [0.25, 0.3) is 0 Å². The number of hydrogen-bond donors (Lipinski definition) is 1. The van der Waals surface area contributed by atoms with Crippen molar-refractivity contribution in [2.75, 3.05) is 25.0 Å². The summed E-state index contributed by atoms with van der Waals surface area (Å²) >= 11 is 0. The van der Waals surface area contributed by atoms with Crippen molar-refractivity contribution in [3.63, 3.8) is 0 Å². The lowest BCUT2D eigenvalue weighted by Crippen LogP contribution is -2.54. The van der Waals surface area contributed by atoms with Crippen molar-refractivity contribution < 1.29 is 9.18 Å². The minimum Gasteiger partial charge on any atom is -0.330 e. The van der Waals surface area contributed by atoms with E-state index in [1.54, 1.807) is 18.2 Å². The third-order valence-corrected chi connectivity index (χ3v) is 8.20. The number of likely N-dealkylation sites (tertiary alicyclic amines) is 1. The zero-order chi connectivity index (χ0) is 24.7. The molecule has 0 unspecified atom stereocenters. The van der Waals surface area contributed by atoms with Gasteiger partial charge in [0.1, 0.15) is 11.6 Å². The first-order valence-corrected chi connectivity index (χ1v) is 13.1. The quantitative estimate of drug-likeness (QED) is 0.530. The van der Waals surface area contributed by atoms with Gasteiger partial charge in [0.2, 0.25) is 0 Å². The number of amides is 2. The second-order valence-corrected chi connectivity index (χ2v) is 10.8.